The van der Waals surface area contributed by atoms with Crippen LogP contribution in [0.15, 0.2) is 0 Å². The molecular weight excluding hydrogens is 226 g/mol. The minimum Gasteiger partial charge on any atom is -0.480 e. The van der Waals surface area contributed by atoms with Gasteiger partial charge in [0.15, 0.2) is 0 Å². The van der Waals surface area contributed by atoms with Crippen LogP contribution < -0.4 is 0 Å². The van der Waals surface area contributed by atoms with Crippen LogP contribution in [-0.2, 0) is 4.79 Å². The van der Waals surface area contributed by atoms with Crippen LogP contribution in [0.2, 0.25) is 0 Å². The largest absolute Gasteiger partial charge is 0.480 e. The first-order valence-corrected chi connectivity index (χ1v) is 7.58. The molecule has 0 aromatic heterocycles. The first-order valence-electron chi connectivity index (χ1n) is 7.58. The second-order valence-corrected chi connectivity index (χ2v) is 6.48. The van der Waals surface area contributed by atoms with Crippen molar-refractivity contribution in [2.75, 3.05) is 6.54 Å². The zero-order chi connectivity index (χ0) is 13.1. The van der Waals surface area contributed by atoms with Crippen LogP contribution >= 0.6 is 0 Å². The maximum absolute atomic E-state index is 11.4. The zero-order valence-electron chi connectivity index (χ0n) is 11.8. The highest BCUT2D eigenvalue weighted by Crippen LogP contribution is 2.39. The molecule has 0 radical (unpaired) electrons. The Labute approximate surface area is 111 Å². The molecule has 0 spiro atoms. The van der Waals surface area contributed by atoms with E-state index in [2.05, 4.69) is 18.7 Å². The van der Waals surface area contributed by atoms with E-state index >= 15 is 0 Å². The molecule has 0 aromatic carbocycles. The van der Waals surface area contributed by atoms with Crippen molar-refractivity contribution >= 4 is 5.97 Å². The molecule has 1 saturated carbocycles. The van der Waals surface area contributed by atoms with Crippen LogP contribution in [0.3, 0.4) is 0 Å². The Morgan fingerprint density at radius 2 is 2.06 bits per heavy atom. The first kappa shape index (κ1) is 13.9. The molecule has 3 unspecified atom stereocenters. The van der Waals surface area contributed by atoms with Gasteiger partial charge in [0.25, 0.3) is 0 Å². The third-order valence-electron chi connectivity index (χ3n) is 4.70. The molecule has 1 heterocycles. The smallest absolute Gasteiger partial charge is 0.320 e. The van der Waals surface area contributed by atoms with E-state index in [4.69, 9.17) is 0 Å². The van der Waals surface area contributed by atoms with E-state index in [0.29, 0.717) is 12.0 Å². The number of aliphatic carboxylic acids is 1. The minimum absolute atomic E-state index is 0.203. The molecule has 18 heavy (non-hydrogen) atoms. The maximum Gasteiger partial charge on any atom is 0.320 e. The van der Waals surface area contributed by atoms with Crippen LogP contribution in [0, 0.1) is 11.8 Å². The summed E-state index contributed by atoms with van der Waals surface area (Å²) in [7, 11) is 0. The third-order valence-corrected chi connectivity index (χ3v) is 4.70. The molecule has 0 amide bonds. The number of fused-ring (bicyclic) bond motifs is 1. The van der Waals surface area contributed by atoms with Gasteiger partial charge in [-0.25, -0.2) is 0 Å². The monoisotopic (exact) mass is 253 g/mol. The molecule has 3 atom stereocenters. The van der Waals surface area contributed by atoms with E-state index < -0.39 is 5.97 Å². The Hall–Kier alpha value is -0.570. The fraction of sp³-hybridized carbons (Fsp3) is 0.933. The van der Waals surface area contributed by atoms with Crippen molar-refractivity contribution in [2.45, 2.75) is 70.9 Å². The highest BCUT2D eigenvalue weighted by molar-refractivity contribution is 5.74. The molecule has 0 bridgehead atoms. The zero-order valence-corrected chi connectivity index (χ0v) is 11.8. The molecule has 2 rings (SSSR count). The lowest BCUT2D eigenvalue weighted by Crippen LogP contribution is -2.42. The summed E-state index contributed by atoms with van der Waals surface area (Å²) in [6.07, 6.45) is 8.29. The van der Waals surface area contributed by atoms with Crippen LogP contribution in [0.1, 0.15) is 58.8 Å². The summed E-state index contributed by atoms with van der Waals surface area (Å²) in [6, 6.07) is 0.359. The maximum atomic E-state index is 11.4. The lowest BCUT2D eigenvalue weighted by molar-refractivity contribution is -0.142. The lowest BCUT2D eigenvalue weighted by Gasteiger charge is -2.33. The molecule has 2 aliphatic rings. The van der Waals surface area contributed by atoms with Gasteiger partial charge >= 0.3 is 5.97 Å². The molecule has 1 aliphatic carbocycles. The normalized spacial score (nSPS) is 32.7. The van der Waals surface area contributed by atoms with E-state index in [1.807, 2.05) is 0 Å². The van der Waals surface area contributed by atoms with Crippen molar-refractivity contribution in [1.82, 2.24) is 4.90 Å². The van der Waals surface area contributed by atoms with Gasteiger partial charge in [0, 0.05) is 6.04 Å². The number of likely N-dealkylation sites (tertiary alicyclic amines) is 1. The highest BCUT2D eigenvalue weighted by Gasteiger charge is 2.44. The third kappa shape index (κ3) is 3.05. The predicted octanol–water partition coefficient (Wildman–Crippen LogP) is 3.14. The number of carboxylic acid groups (broad SMARTS) is 1. The van der Waals surface area contributed by atoms with Crippen LogP contribution in [-0.4, -0.2) is 34.6 Å². The van der Waals surface area contributed by atoms with Gasteiger partial charge in [0.2, 0.25) is 0 Å². The van der Waals surface area contributed by atoms with Crippen LogP contribution in [0.5, 0.6) is 0 Å². The van der Waals surface area contributed by atoms with E-state index in [1.165, 1.54) is 32.1 Å². The Balaban J connectivity index is 1.95. The summed E-state index contributed by atoms with van der Waals surface area (Å²) < 4.78 is 0. The van der Waals surface area contributed by atoms with Crippen LogP contribution in [0.25, 0.3) is 0 Å². The fourth-order valence-corrected chi connectivity index (χ4v) is 3.80. The van der Waals surface area contributed by atoms with Crippen LogP contribution in [0.4, 0.5) is 0 Å². The van der Waals surface area contributed by atoms with Crippen molar-refractivity contribution in [2.24, 2.45) is 11.8 Å². The number of carbonyl (C=O) groups is 1. The Bertz CT molecular complexity index is 290. The van der Waals surface area contributed by atoms with E-state index in [1.54, 1.807) is 0 Å². The number of nitrogens with zero attached hydrogens (tertiary/aromatic N) is 1. The molecule has 0 aromatic rings. The molecule has 1 aliphatic heterocycles. The second kappa shape index (κ2) is 6.05. The van der Waals surface area contributed by atoms with Crippen molar-refractivity contribution in [3.8, 4) is 0 Å². The number of hydrogen-bond donors (Lipinski definition) is 1. The summed E-state index contributed by atoms with van der Waals surface area (Å²) in [5, 5.41) is 9.40. The average Bonchev–Trinajstić information content (AvgIpc) is 2.68. The quantitative estimate of drug-likeness (QED) is 0.818. The van der Waals surface area contributed by atoms with Gasteiger partial charge in [-0.3, -0.25) is 9.69 Å². The molecule has 104 valence electrons. The molecular formula is C15H27NO2. The van der Waals surface area contributed by atoms with E-state index in [9.17, 15) is 9.90 Å². The van der Waals surface area contributed by atoms with Gasteiger partial charge in [0.05, 0.1) is 0 Å². The number of carboxylic acids is 1. The van der Waals surface area contributed by atoms with Crippen molar-refractivity contribution in [3.63, 3.8) is 0 Å². The predicted molar refractivity (Wildman–Crippen MR) is 72.6 cm³/mol. The van der Waals surface area contributed by atoms with Crippen molar-refractivity contribution in [1.29, 1.82) is 0 Å². The number of hydrogen-bond acceptors (Lipinski definition) is 2. The standard InChI is InChI=1S/C15H27NO2/c1-11(2)6-5-9-16-13-8-4-3-7-12(13)10-14(16)15(17)18/h11-14H,3-10H2,1-2H3,(H,17,18). The molecule has 1 saturated heterocycles. The van der Waals surface area contributed by atoms with Gasteiger partial charge in [-0.15, -0.1) is 0 Å². The molecule has 3 nitrogen and oxygen atoms in total. The number of rotatable bonds is 5. The minimum atomic E-state index is -0.603. The molecule has 2 fully saturated rings. The van der Waals surface area contributed by atoms with E-state index in [0.717, 1.165) is 25.3 Å². The van der Waals surface area contributed by atoms with Gasteiger partial charge in [-0.1, -0.05) is 26.7 Å². The van der Waals surface area contributed by atoms with Crippen molar-refractivity contribution < 1.29 is 9.90 Å². The highest BCUT2D eigenvalue weighted by atomic mass is 16.4. The van der Waals surface area contributed by atoms with Gasteiger partial charge < -0.3 is 5.11 Å². The SMILES string of the molecule is CC(C)CCCN1C(C(=O)O)CC2CCCCC21. The molecule has 1 N–H and O–H groups in total. The average molecular weight is 253 g/mol. The Morgan fingerprint density at radius 3 is 2.72 bits per heavy atom. The van der Waals surface area contributed by atoms with Gasteiger partial charge in [-0.05, 0) is 50.5 Å². The van der Waals surface area contributed by atoms with Gasteiger partial charge in [0.1, 0.15) is 6.04 Å². The summed E-state index contributed by atoms with van der Waals surface area (Å²) in [6.45, 7) is 5.46. The van der Waals surface area contributed by atoms with E-state index in [-0.39, 0.29) is 6.04 Å². The summed E-state index contributed by atoms with van der Waals surface area (Å²) in [5.41, 5.74) is 0. The van der Waals surface area contributed by atoms with Gasteiger partial charge in [-0.2, -0.15) is 0 Å². The fourth-order valence-electron chi connectivity index (χ4n) is 3.80. The Kier molecular flexibility index (Phi) is 4.66. The summed E-state index contributed by atoms with van der Waals surface area (Å²) in [4.78, 5) is 13.7. The Morgan fingerprint density at radius 1 is 1.33 bits per heavy atom. The summed E-state index contributed by atoms with van der Waals surface area (Å²) >= 11 is 0. The molecule has 3 heteroatoms. The summed E-state index contributed by atoms with van der Waals surface area (Å²) in [5.74, 6) is 0.769. The topological polar surface area (TPSA) is 40.5 Å². The lowest BCUT2D eigenvalue weighted by atomic mass is 9.84. The second-order valence-electron chi connectivity index (χ2n) is 6.48. The first-order chi connectivity index (χ1) is 8.59. The van der Waals surface area contributed by atoms with Crippen molar-refractivity contribution in [3.05, 3.63) is 0 Å².